The van der Waals surface area contributed by atoms with Crippen LogP contribution in [0.25, 0.3) is 0 Å². The van der Waals surface area contributed by atoms with Gasteiger partial charge in [0.05, 0.1) is 5.71 Å². The lowest BCUT2D eigenvalue weighted by Crippen LogP contribution is -2.44. The molecule has 134 valence electrons. The fourth-order valence-corrected chi connectivity index (χ4v) is 2.74. The van der Waals surface area contributed by atoms with Crippen LogP contribution in [0.2, 0.25) is 5.02 Å². The predicted molar refractivity (Wildman–Crippen MR) is 98.6 cm³/mol. The van der Waals surface area contributed by atoms with Crippen LogP contribution < -0.4 is 5.32 Å². The normalized spacial score (nSPS) is 15.4. The van der Waals surface area contributed by atoms with E-state index in [1.165, 1.54) is 17.1 Å². The number of hydrogen-bond acceptors (Lipinski definition) is 3. The van der Waals surface area contributed by atoms with E-state index in [1.807, 2.05) is 0 Å². The highest BCUT2D eigenvalue weighted by Crippen LogP contribution is 2.19. The van der Waals surface area contributed by atoms with Gasteiger partial charge in [0.1, 0.15) is 11.9 Å². The molecule has 1 heterocycles. The van der Waals surface area contributed by atoms with Crippen LogP contribution in [-0.4, -0.2) is 28.6 Å². The van der Waals surface area contributed by atoms with Crippen LogP contribution in [0.15, 0.2) is 53.6 Å². The van der Waals surface area contributed by atoms with Crippen molar-refractivity contribution < 1.29 is 14.0 Å². The first-order valence-corrected chi connectivity index (χ1v) is 8.54. The molecule has 0 bridgehead atoms. The summed E-state index contributed by atoms with van der Waals surface area (Å²) in [6, 6.07) is 11.8. The molecular formula is C19H17ClFN3O2. The number of halogens is 2. The maximum atomic E-state index is 13.1. The topological polar surface area (TPSA) is 61.8 Å². The molecule has 1 aliphatic heterocycles. The lowest BCUT2D eigenvalue weighted by molar-refractivity contribution is -0.138. The summed E-state index contributed by atoms with van der Waals surface area (Å²) in [7, 11) is 0. The maximum absolute atomic E-state index is 13.1. The zero-order chi connectivity index (χ0) is 18.7. The van der Waals surface area contributed by atoms with Gasteiger partial charge in [0.25, 0.3) is 0 Å². The third-order valence-electron chi connectivity index (χ3n) is 4.10. The molecule has 1 atom stereocenters. The quantitative estimate of drug-likeness (QED) is 0.885. The number of hydrogen-bond donors (Lipinski definition) is 1. The molecule has 0 aliphatic carbocycles. The van der Waals surface area contributed by atoms with E-state index in [0.717, 1.165) is 5.56 Å². The molecule has 3 rings (SSSR count). The Kier molecular flexibility index (Phi) is 5.32. The number of hydrazone groups is 1. The number of anilines is 1. The first-order chi connectivity index (χ1) is 12.4. The molecule has 2 aromatic rings. The summed E-state index contributed by atoms with van der Waals surface area (Å²) < 4.78 is 13.1. The first kappa shape index (κ1) is 18.1. The van der Waals surface area contributed by atoms with E-state index in [-0.39, 0.29) is 24.1 Å². The van der Waals surface area contributed by atoms with Crippen molar-refractivity contribution in [3.05, 3.63) is 64.9 Å². The smallest absolute Gasteiger partial charge is 0.249 e. The average molecular weight is 374 g/mol. The molecule has 5 nitrogen and oxygen atoms in total. The maximum Gasteiger partial charge on any atom is 0.249 e. The molecule has 2 aromatic carbocycles. The minimum atomic E-state index is -0.783. The summed E-state index contributed by atoms with van der Waals surface area (Å²) in [6.45, 7) is 1.61. The fourth-order valence-electron chi connectivity index (χ4n) is 2.61. The third-order valence-corrected chi connectivity index (χ3v) is 4.35. The van der Waals surface area contributed by atoms with Gasteiger partial charge in [0.15, 0.2) is 0 Å². The van der Waals surface area contributed by atoms with Gasteiger partial charge in [-0.2, -0.15) is 5.10 Å². The molecule has 0 aromatic heterocycles. The van der Waals surface area contributed by atoms with Gasteiger partial charge in [-0.25, -0.2) is 9.40 Å². The summed E-state index contributed by atoms with van der Waals surface area (Å²) in [4.78, 5) is 24.7. The van der Waals surface area contributed by atoms with Crippen LogP contribution in [0.3, 0.4) is 0 Å². The highest BCUT2D eigenvalue weighted by molar-refractivity contribution is 6.30. The number of rotatable bonds is 4. The molecule has 1 aliphatic rings. The Morgan fingerprint density at radius 2 is 1.81 bits per heavy atom. The van der Waals surface area contributed by atoms with Crippen molar-refractivity contribution in [2.24, 2.45) is 5.10 Å². The number of amides is 2. The molecule has 0 radical (unpaired) electrons. The lowest BCUT2D eigenvalue weighted by atomic mass is 10.0. The fraction of sp³-hybridized carbons (Fsp3) is 0.211. The van der Waals surface area contributed by atoms with Crippen molar-refractivity contribution in [1.82, 2.24) is 5.01 Å². The van der Waals surface area contributed by atoms with Crippen LogP contribution in [0, 0.1) is 5.82 Å². The van der Waals surface area contributed by atoms with Gasteiger partial charge in [0, 0.05) is 23.6 Å². The third kappa shape index (κ3) is 4.08. The van der Waals surface area contributed by atoms with E-state index in [9.17, 15) is 14.0 Å². The average Bonchev–Trinajstić information content (AvgIpc) is 2.64. The SMILES string of the molecule is CC(C(=O)Nc1ccc(Cl)cc1)N1N=C(c2ccc(F)cc2)CCC1=O. The standard InChI is InChI=1S/C19H17ClFN3O2/c1-12(19(26)22-16-8-4-14(20)5-9-16)24-18(25)11-10-17(23-24)13-2-6-15(21)7-3-13/h2-9,12H,10-11H2,1H3,(H,22,26). The summed E-state index contributed by atoms with van der Waals surface area (Å²) in [5.74, 6) is -0.923. The van der Waals surface area contributed by atoms with Gasteiger partial charge in [-0.1, -0.05) is 23.7 Å². The van der Waals surface area contributed by atoms with Crippen LogP contribution in [-0.2, 0) is 9.59 Å². The summed E-state index contributed by atoms with van der Waals surface area (Å²) in [6.07, 6.45) is 0.696. The Bertz CT molecular complexity index is 850. The largest absolute Gasteiger partial charge is 0.324 e. The van der Waals surface area contributed by atoms with Gasteiger partial charge in [-0.05, 0) is 48.9 Å². The van der Waals surface area contributed by atoms with E-state index in [4.69, 9.17) is 11.6 Å². The van der Waals surface area contributed by atoms with Gasteiger partial charge >= 0.3 is 0 Å². The zero-order valence-electron chi connectivity index (χ0n) is 14.1. The number of nitrogens with zero attached hydrogens (tertiary/aromatic N) is 2. The van der Waals surface area contributed by atoms with Crippen LogP contribution >= 0.6 is 11.6 Å². The van der Waals surface area contributed by atoms with E-state index >= 15 is 0 Å². The van der Waals surface area contributed by atoms with E-state index < -0.39 is 6.04 Å². The Balaban J connectivity index is 1.77. The van der Waals surface area contributed by atoms with Crippen LogP contribution in [0.5, 0.6) is 0 Å². The van der Waals surface area contributed by atoms with Crippen molar-refractivity contribution in [1.29, 1.82) is 0 Å². The molecule has 0 spiro atoms. The van der Waals surface area contributed by atoms with Crippen molar-refractivity contribution in [3.63, 3.8) is 0 Å². The van der Waals surface area contributed by atoms with Gasteiger partial charge in [-0.3, -0.25) is 9.59 Å². The Hall–Kier alpha value is -2.73. The monoisotopic (exact) mass is 373 g/mol. The predicted octanol–water partition coefficient (Wildman–Crippen LogP) is 3.83. The molecular weight excluding hydrogens is 357 g/mol. The second kappa shape index (κ2) is 7.66. The molecule has 0 fully saturated rings. The second-order valence-corrected chi connectivity index (χ2v) is 6.40. The minimum absolute atomic E-state index is 0.227. The Morgan fingerprint density at radius 3 is 2.46 bits per heavy atom. The van der Waals surface area contributed by atoms with Crippen molar-refractivity contribution in [2.75, 3.05) is 5.32 Å². The molecule has 1 N–H and O–H groups in total. The van der Waals surface area contributed by atoms with Crippen LogP contribution in [0.4, 0.5) is 10.1 Å². The molecule has 26 heavy (non-hydrogen) atoms. The second-order valence-electron chi connectivity index (χ2n) is 5.96. The molecule has 0 saturated heterocycles. The number of carbonyl (C=O) groups excluding carboxylic acids is 2. The number of nitrogens with one attached hydrogen (secondary N) is 1. The summed E-state index contributed by atoms with van der Waals surface area (Å²) >= 11 is 5.83. The molecule has 2 amide bonds. The van der Waals surface area contributed by atoms with Crippen molar-refractivity contribution in [3.8, 4) is 0 Å². The van der Waals surface area contributed by atoms with Gasteiger partial charge < -0.3 is 5.32 Å². The van der Waals surface area contributed by atoms with Crippen molar-refractivity contribution in [2.45, 2.75) is 25.8 Å². The van der Waals surface area contributed by atoms with E-state index in [2.05, 4.69) is 10.4 Å². The first-order valence-electron chi connectivity index (χ1n) is 8.16. The molecule has 0 saturated carbocycles. The molecule has 7 heteroatoms. The van der Waals surface area contributed by atoms with Gasteiger partial charge in [-0.15, -0.1) is 0 Å². The van der Waals surface area contributed by atoms with Crippen molar-refractivity contribution >= 4 is 34.8 Å². The van der Waals surface area contributed by atoms with Crippen LogP contribution in [0.1, 0.15) is 25.3 Å². The number of carbonyl (C=O) groups is 2. The Labute approximate surface area is 155 Å². The highest BCUT2D eigenvalue weighted by atomic mass is 35.5. The van der Waals surface area contributed by atoms with Gasteiger partial charge in [0.2, 0.25) is 11.8 Å². The lowest BCUT2D eigenvalue weighted by Gasteiger charge is -2.28. The number of benzene rings is 2. The van der Waals surface area contributed by atoms with E-state index in [0.29, 0.717) is 22.8 Å². The molecule has 1 unspecified atom stereocenters. The summed E-state index contributed by atoms with van der Waals surface area (Å²) in [5.41, 5.74) is 1.96. The summed E-state index contributed by atoms with van der Waals surface area (Å²) in [5, 5.41) is 8.83. The Morgan fingerprint density at radius 1 is 1.15 bits per heavy atom. The van der Waals surface area contributed by atoms with E-state index in [1.54, 1.807) is 43.3 Å². The highest BCUT2D eigenvalue weighted by Gasteiger charge is 2.29. The minimum Gasteiger partial charge on any atom is -0.324 e. The zero-order valence-corrected chi connectivity index (χ0v) is 14.8.